The van der Waals surface area contributed by atoms with Crippen LogP contribution in [0.3, 0.4) is 0 Å². The number of thiophene rings is 1. The second-order valence-corrected chi connectivity index (χ2v) is 7.28. The van der Waals surface area contributed by atoms with Crippen LogP contribution in [0.1, 0.15) is 27.8 Å². The quantitative estimate of drug-likeness (QED) is 0.714. The summed E-state index contributed by atoms with van der Waals surface area (Å²) in [4.78, 5) is 8.29. The van der Waals surface area contributed by atoms with E-state index in [0.29, 0.717) is 4.77 Å². The number of fused-ring (bicyclic) bond motifs is 1. The average molecular weight is 358 g/mol. The highest BCUT2D eigenvalue weighted by atomic mass is 32.1. The molecule has 0 radical (unpaired) electrons. The van der Waals surface area contributed by atoms with Gasteiger partial charge in [-0.1, -0.05) is 0 Å². The van der Waals surface area contributed by atoms with E-state index in [-0.39, 0.29) is 0 Å². The SMILES string of the molecule is Cc1ccc(/C=C/c2nc(=S)n(CN3CCc4sccc4C3)[nH]2)o1. The van der Waals surface area contributed by atoms with Crippen LogP contribution in [0.15, 0.2) is 28.0 Å². The van der Waals surface area contributed by atoms with E-state index in [1.807, 2.05) is 47.2 Å². The lowest BCUT2D eigenvalue weighted by Gasteiger charge is -2.26. The van der Waals surface area contributed by atoms with Crippen molar-refractivity contribution >= 4 is 35.7 Å². The predicted octanol–water partition coefficient (Wildman–Crippen LogP) is 4.09. The van der Waals surface area contributed by atoms with Crippen LogP contribution in [-0.2, 0) is 19.6 Å². The van der Waals surface area contributed by atoms with Gasteiger partial charge in [0.05, 0.1) is 6.67 Å². The first-order valence-corrected chi connectivity index (χ1v) is 9.15. The van der Waals surface area contributed by atoms with E-state index in [1.165, 1.54) is 10.4 Å². The zero-order valence-electron chi connectivity index (χ0n) is 13.4. The Balaban J connectivity index is 1.46. The summed E-state index contributed by atoms with van der Waals surface area (Å²) in [6, 6.07) is 6.09. The first kappa shape index (κ1) is 15.6. The molecule has 0 unspecified atom stereocenters. The summed E-state index contributed by atoms with van der Waals surface area (Å²) < 4.78 is 8.01. The Hall–Kier alpha value is -1.96. The highest BCUT2D eigenvalue weighted by Gasteiger charge is 2.17. The van der Waals surface area contributed by atoms with E-state index in [2.05, 4.69) is 26.4 Å². The van der Waals surface area contributed by atoms with Crippen LogP contribution in [0, 0.1) is 11.7 Å². The second-order valence-electron chi connectivity index (χ2n) is 5.91. The summed E-state index contributed by atoms with van der Waals surface area (Å²) >= 11 is 7.23. The van der Waals surface area contributed by atoms with Crippen molar-refractivity contribution in [3.05, 3.63) is 56.1 Å². The van der Waals surface area contributed by atoms with Gasteiger partial charge in [-0.3, -0.25) is 10.00 Å². The molecule has 124 valence electrons. The lowest BCUT2D eigenvalue weighted by atomic mass is 10.1. The summed E-state index contributed by atoms with van der Waals surface area (Å²) in [5.74, 6) is 2.44. The van der Waals surface area contributed by atoms with Crippen molar-refractivity contribution in [2.24, 2.45) is 0 Å². The maximum Gasteiger partial charge on any atom is 0.217 e. The van der Waals surface area contributed by atoms with Crippen molar-refractivity contribution in [2.75, 3.05) is 6.54 Å². The number of hydrogen-bond acceptors (Lipinski definition) is 5. The number of aryl methyl sites for hydroxylation is 1. The number of aromatic nitrogens is 3. The molecule has 0 aromatic carbocycles. The van der Waals surface area contributed by atoms with Crippen LogP contribution in [0.25, 0.3) is 12.2 Å². The zero-order valence-corrected chi connectivity index (χ0v) is 15.0. The largest absolute Gasteiger partial charge is 0.462 e. The summed E-state index contributed by atoms with van der Waals surface area (Å²) in [6.45, 7) is 4.67. The predicted molar refractivity (Wildman–Crippen MR) is 98.2 cm³/mol. The summed E-state index contributed by atoms with van der Waals surface area (Å²) in [6.07, 6.45) is 4.89. The van der Waals surface area contributed by atoms with Gasteiger partial charge in [0.2, 0.25) is 4.77 Å². The Labute approximate surface area is 149 Å². The monoisotopic (exact) mass is 358 g/mol. The molecule has 24 heavy (non-hydrogen) atoms. The van der Waals surface area contributed by atoms with Gasteiger partial charge in [-0.2, -0.15) is 4.98 Å². The molecule has 1 aliphatic rings. The van der Waals surface area contributed by atoms with Gasteiger partial charge in [-0.15, -0.1) is 11.3 Å². The fraction of sp³-hybridized carbons (Fsp3) is 0.294. The molecule has 0 atom stereocenters. The van der Waals surface area contributed by atoms with Gasteiger partial charge in [0.1, 0.15) is 17.3 Å². The molecule has 0 saturated heterocycles. The summed E-state index contributed by atoms with van der Waals surface area (Å²) in [5, 5.41) is 5.43. The molecule has 0 bridgehead atoms. The molecule has 4 rings (SSSR count). The Morgan fingerprint density at radius 3 is 3.12 bits per heavy atom. The third-order valence-corrected chi connectivity index (χ3v) is 5.43. The van der Waals surface area contributed by atoms with Gasteiger partial charge in [0, 0.05) is 18.0 Å². The third kappa shape index (κ3) is 3.28. The van der Waals surface area contributed by atoms with E-state index in [4.69, 9.17) is 16.6 Å². The topological polar surface area (TPSA) is 50.0 Å². The average Bonchev–Trinajstić information content (AvgIpc) is 3.26. The van der Waals surface area contributed by atoms with Crippen LogP contribution < -0.4 is 0 Å². The van der Waals surface area contributed by atoms with Crippen molar-refractivity contribution in [3.8, 4) is 0 Å². The third-order valence-electron chi connectivity index (χ3n) is 4.09. The number of H-pyrrole nitrogens is 1. The highest BCUT2D eigenvalue weighted by molar-refractivity contribution is 7.71. The fourth-order valence-electron chi connectivity index (χ4n) is 2.88. The Bertz CT molecular complexity index is 930. The van der Waals surface area contributed by atoms with Gasteiger partial charge in [0.25, 0.3) is 0 Å². The standard InChI is InChI=1S/C17H18N4OS2/c1-12-2-3-14(22-12)4-5-16-18-17(23)21(19-16)11-20-8-6-15-13(10-20)7-9-24-15/h2-5,7,9H,6,8,10-11H2,1H3,(H,18,19,23)/b5-4+. The van der Waals surface area contributed by atoms with Gasteiger partial charge in [0.15, 0.2) is 0 Å². The lowest BCUT2D eigenvalue weighted by molar-refractivity contribution is 0.189. The van der Waals surface area contributed by atoms with Crippen molar-refractivity contribution < 1.29 is 4.42 Å². The minimum absolute atomic E-state index is 0.571. The Morgan fingerprint density at radius 2 is 2.29 bits per heavy atom. The molecular weight excluding hydrogens is 340 g/mol. The van der Waals surface area contributed by atoms with Crippen LogP contribution in [-0.4, -0.2) is 26.2 Å². The summed E-state index contributed by atoms with van der Waals surface area (Å²) in [5.41, 5.74) is 1.44. The molecule has 0 amide bonds. The van der Waals surface area contributed by atoms with Crippen LogP contribution in [0.4, 0.5) is 0 Å². The molecule has 3 aromatic heterocycles. The van der Waals surface area contributed by atoms with Crippen LogP contribution >= 0.6 is 23.6 Å². The van der Waals surface area contributed by atoms with E-state index in [9.17, 15) is 0 Å². The number of rotatable bonds is 4. The molecule has 0 aliphatic carbocycles. The van der Waals surface area contributed by atoms with E-state index < -0.39 is 0 Å². The molecule has 7 heteroatoms. The molecule has 1 N–H and O–H groups in total. The maximum absolute atomic E-state index is 5.52. The minimum Gasteiger partial charge on any atom is -0.462 e. The van der Waals surface area contributed by atoms with Crippen LogP contribution in [0.5, 0.6) is 0 Å². The molecule has 3 aromatic rings. The normalized spacial score (nSPS) is 15.2. The number of nitrogens with zero attached hydrogens (tertiary/aromatic N) is 3. The van der Waals surface area contributed by atoms with Gasteiger partial charge in [-0.25, -0.2) is 4.68 Å². The Morgan fingerprint density at radius 1 is 1.38 bits per heavy atom. The Kier molecular flexibility index (Phi) is 4.22. The minimum atomic E-state index is 0.571. The van der Waals surface area contributed by atoms with Crippen molar-refractivity contribution in [1.82, 2.24) is 19.7 Å². The van der Waals surface area contributed by atoms with Gasteiger partial charge in [-0.05, 0) is 66.9 Å². The number of nitrogens with one attached hydrogen (secondary N) is 1. The van der Waals surface area contributed by atoms with E-state index in [0.717, 1.165) is 43.5 Å². The number of hydrogen-bond donors (Lipinski definition) is 1. The number of aromatic amines is 1. The zero-order chi connectivity index (χ0) is 16.5. The number of furan rings is 1. The lowest BCUT2D eigenvalue weighted by Crippen LogP contribution is -2.32. The summed E-state index contributed by atoms with van der Waals surface area (Å²) in [7, 11) is 0. The molecule has 5 nitrogen and oxygen atoms in total. The smallest absolute Gasteiger partial charge is 0.217 e. The molecule has 1 aliphatic heterocycles. The first-order valence-electron chi connectivity index (χ1n) is 7.86. The molecule has 0 saturated carbocycles. The fourth-order valence-corrected chi connectivity index (χ4v) is 3.97. The van der Waals surface area contributed by atoms with Crippen molar-refractivity contribution in [3.63, 3.8) is 0 Å². The second kappa shape index (κ2) is 6.51. The van der Waals surface area contributed by atoms with E-state index >= 15 is 0 Å². The molecule has 4 heterocycles. The molecule has 0 spiro atoms. The molecular formula is C17H18N4OS2. The van der Waals surface area contributed by atoms with E-state index in [1.54, 1.807) is 0 Å². The highest BCUT2D eigenvalue weighted by Crippen LogP contribution is 2.24. The van der Waals surface area contributed by atoms with Gasteiger partial charge < -0.3 is 4.42 Å². The molecule has 0 fully saturated rings. The first-order chi connectivity index (χ1) is 11.7. The van der Waals surface area contributed by atoms with Crippen molar-refractivity contribution in [2.45, 2.75) is 26.6 Å². The van der Waals surface area contributed by atoms with Gasteiger partial charge >= 0.3 is 0 Å². The van der Waals surface area contributed by atoms with Crippen molar-refractivity contribution in [1.29, 1.82) is 0 Å². The maximum atomic E-state index is 5.52. The van der Waals surface area contributed by atoms with Crippen LogP contribution in [0.2, 0.25) is 0 Å².